The maximum atomic E-state index is 12.2. The van der Waals surface area contributed by atoms with Gasteiger partial charge in [0.2, 0.25) is 0 Å². The van der Waals surface area contributed by atoms with Gasteiger partial charge >= 0.3 is 0 Å². The van der Waals surface area contributed by atoms with Gasteiger partial charge in [0, 0.05) is 4.47 Å². The Morgan fingerprint density at radius 3 is 2.59 bits per heavy atom. The predicted octanol–water partition coefficient (Wildman–Crippen LogP) is 2.09. The topological polar surface area (TPSA) is 66.4 Å². The van der Waals surface area contributed by atoms with E-state index in [1.165, 1.54) is 11.3 Å². The molecule has 0 atom stereocenters. The van der Waals surface area contributed by atoms with Crippen molar-refractivity contribution in [2.24, 2.45) is 0 Å². The van der Waals surface area contributed by atoms with Gasteiger partial charge in [0.25, 0.3) is 10.0 Å². The first-order valence-electron chi connectivity index (χ1n) is 5.37. The summed E-state index contributed by atoms with van der Waals surface area (Å²) in [7, 11) is -3.54. The zero-order valence-electron chi connectivity index (χ0n) is 9.15. The molecule has 0 aromatic carbocycles. The minimum absolute atomic E-state index is 0.144. The Kier molecular flexibility index (Phi) is 3.94. The van der Waals surface area contributed by atoms with Crippen LogP contribution in [0.1, 0.15) is 25.7 Å². The molecule has 17 heavy (non-hydrogen) atoms. The fourth-order valence-electron chi connectivity index (χ4n) is 2.15. The molecule has 1 saturated carbocycles. The van der Waals surface area contributed by atoms with Gasteiger partial charge in [-0.05, 0) is 40.2 Å². The second-order valence-electron chi connectivity index (χ2n) is 4.31. The molecule has 2 N–H and O–H groups in total. The zero-order chi connectivity index (χ0) is 12.5. The van der Waals surface area contributed by atoms with Gasteiger partial charge in [0.15, 0.2) is 0 Å². The molecule has 1 fully saturated rings. The zero-order valence-corrected chi connectivity index (χ0v) is 12.4. The summed E-state index contributed by atoms with van der Waals surface area (Å²) in [5, 5.41) is 11.1. The molecule has 1 aromatic heterocycles. The van der Waals surface area contributed by atoms with E-state index in [9.17, 15) is 13.5 Å². The lowest BCUT2D eigenvalue weighted by molar-refractivity contribution is 0.185. The Morgan fingerprint density at radius 2 is 2.12 bits per heavy atom. The largest absolute Gasteiger partial charge is 0.394 e. The van der Waals surface area contributed by atoms with E-state index in [1.54, 1.807) is 11.4 Å². The van der Waals surface area contributed by atoms with Crippen LogP contribution in [0, 0.1) is 0 Å². The number of rotatable bonds is 4. The molecule has 4 nitrogen and oxygen atoms in total. The van der Waals surface area contributed by atoms with Crippen LogP contribution in [0.25, 0.3) is 0 Å². The number of sulfonamides is 1. The molecule has 0 amide bonds. The number of hydrogen-bond donors (Lipinski definition) is 2. The minimum Gasteiger partial charge on any atom is -0.394 e. The number of halogens is 1. The molecular weight excluding hydrogens is 326 g/mol. The summed E-state index contributed by atoms with van der Waals surface area (Å²) < 4.78 is 27.9. The number of thiophene rings is 1. The lowest BCUT2D eigenvalue weighted by atomic mass is 10.0. The molecular formula is C10H14BrNO3S2. The third-order valence-corrected chi connectivity index (χ3v) is 7.29. The van der Waals surface area contributed by atoms with Gasteiger partial charge in [0.1, 0.15) is 4.21 Å². The van der Waals surface area contributed by atoms with Crippen LogP contribution in [-0.4, -0.2) is 25.7 Å². The van der Waals surface area contributed by atoms with Crippen LogP contribution in [0.5, 0.6) is 0 Å². The Labute approximate surface area is 113 Å². The number of aliphatic hydroxyl groups excluding tert-OH is 1. The molecule has 1 aliphatic rings. The van der Waals surface area contributed by atoms with E-state index in [1.807, 2.05) is 0 Å². The molecule has 0 bridgehead atoms. The molecule has 0 aliphatic heterocycles. The van der Waals surface area contributed by atoms with Crippen molar-refractivity contribution in [3.63, 3.8) is 0 Å². The summed E-state index contributed by atoms with van der Waals surface area (Å²) in [6, 6.07) is 1.71. The van der Waals surface area contributed by atoms with Crippen LogP contribution in [0.3, 0.4) is 0 Å². The Bertz CT molecular complexity index is 491. The van der Waals surface area contributed by atoms with E-state index in [4.69, 9.17) is 0 Å². The number of aliphatic hydroxyl groups is 1. The first kappa shape index (κ1) is 13.5. The quantitative estimate of drug-likeness (QED) is 0.882. The summed E-state index contributed by atoms with van der Waals surface area (Å²) >= 11 is 4.39. The van der Waals surface area contributed by atoms with Crippen molar-refractivity contribution in [1.29, 1.82) is 0 Å². The van der Waals surface area contributed by atoms with Gasteiger partial charge in [-0.1, -0.05) is 12.8 Å². The lowest BCUT2D eigenvalue weighted by Crippen LogP contribution is -2.48. The van der Waals surface area contributed by atoms with Crippen molar-refractivity contribution in [2.75, 3.05) is 6.61 Å². The van der Waals surface area contributed by atoms with Crippen molar-refractivity contribution >= 4 is 37.3 Å². The maximum Gasteiger partial charge on any atom is 0.251 e. The highest BCUT2D eigenvalue weighted by Crippen LogP contribution is 2.33. The highest BCUT2D eigenvalue weighted by Gasteiger charge is 2.38. The molecule has 96 valence electrons. The van der Waals surface area contributed by atoms with Gasteiger partial charge in [-0.2, -0.15) is 0 Å². The van der Waals surface area contributed by atoms with Gasteiger partial charge in [-0.3, -0.25) is 0 Å². The van der Waals surface area contributed by atoms with E-state index in [0.29, 0.717) is 17.3 Å². The summed E-state index contributed by atoms with van der Waals surface area (Å²) in [5.41, 5.74) is -0.664. The summed E-state index contributed by atoms with van der Waals surface area (Å²) in [4.78, 5) is 0. The fourth-order valence-corrected chi connectivity index (χ4v) is 5.94. The maximum absolute atomic E-state index is 12.2. The van der Waals surface area contributed by atoms with Crippen molar-refractivity contribution in [3.05, 3.63) is 15.9 Å². The molecule has 0 unspecified atom stereocenters. The third-order valence-electron chi connectivity index (χ3n) is 3.04. The molecule has 2 rings (SSSR count). The van der Waals surface area contributed by atoms with E-state index in [0.717, 1.165) is 12.8 Å². The second-order valence-corrected chi connectivity index (χ2v) is 7.96. The number of nitrogens with one attached hydrogen (secondary N) is 1. The first-order chi connectivity index (χ1) is 7.99. The highest BCUT2D eigenvalue weighted by molar-refractivity contribution is 9.10. The normalized spacial score (nSPS) is 19.6. The highest BCUT2D eigenvalue weighted by atomic mass is 79.9. The summed E-state index contributed by atoms with van der Waals surface area (Å²) in [6.45, 7) is -0.144. The average molecular weight is 340 g/mol. The molecule has 1 aromatic rings. The van der Waals surface area contributed by atoms with E-state index >= 15 is 0 Å². The monoisotopic (exact) mass is 339 g/mol. The predicted molar refractivity (Wildman–Crippen MR) is 70.6 cm³/mol. The van der Waals surface area contributed by atoms with Crippen molar-refractivity contribution in [1.82, 2.24) is 4.72 Å². The van der Waals surface area contributed by atoms with Crippen LogP contribution >= 0.6 is 27.3 Å². The van der Waals surface area contributed by atoms with Gasteiger partial charge < -0.3 is 5.11 Å². The van der Waals surface area contributed by atoms with E-state index in [2.05, 4.69) is 20.7 Å². The van der Waals surface area contributed by atoms with E-state index < -0.39 is 15.6 Å². The molecule has 0 spiro atoms. The standard InChI is InChI=1S/C10H14BrNO3S2/c11-8-3-6-16-9(8)17(14,15)12-10(7-13)4-1-2-5-10/h3,6,12-13H,1-2,4-5,7H2. The van der Waals surface area contributed by atoms with Crippen LogP contribution in [-0.2, 0) is 10.0 Å². The third kappa shape index (κ3) is 2.73. The SMILES string of the molecule is O=S(=O)(NC1(CO)CCCC1)c1sccc1Br. The van der Waals surface area contributed by atoms with Gasteiger partial charge in [-0.15, -0.1) is 11.3 Å². The smallest absolute Gasteiger partial charge is 0.251 e. The second kappa shape index (κ2) is 4.97. The average Bonchev–Trinajstić information content (AvgIpc) is 2.87. The van der Waals surface area contributed by atoms with E-state index in [-0.39, 0.29) is 10.8 Å². The van der Waals surface area contributed by atoms with Gasteiger partial charge in [0.05, 0.1) is 12.1 Å². The van der Waals surface area contributed by atoms with Crippen molar-refractivity contribution < 1.29 is 13.5 Å². The Hall–Kier alpha value is 0.0500. The van der Waals surface area contributed by atoms with Crippen LogP contribution < -0.4 is 4.72 Å². The molecule has 7 heteroatoms. The Balaban J connectivity index is 2.26. The molecule has 1 aliphatic carbocycles. The molecule has 0 radical (unpaired) electrons. The number of hydrogen-bond acceptors (Lipinski definition) is 4. The van der Waals surface area contributed by atoms with Crippen LogP contribution in [0.15, 0.2) is 20.1 Å². The lowest BCUT2D eigenvalue weighted by Gasteiger charge is -2.27. The molecule has 1 heterocycles. The van der Waals surface area contributed by atoms with Crippen LogP contribution in [0.2, 0.25) is 0 Å². The fraction of sp³-hybridized carbons (Fsp3) is 0.600. The van der Waals surface area contributed by atoms with Gasteiger partial charge in [-0.25, -0.2) is 13.1 Å². The first-order valence-corrected chi connectivity index (χ1v) is 8.53. The summed E-state index contributed by atoms with van der Waals surface area (Å²) in [6.07, 6.45) is 3.31. The van der Waals surface area contributed by atoms with Crippen molar-refractivity contribution in [2.45, 2.75) is 35.4 Å². The Morgan fingerprint density at radius 1 is 1.47 bits per heavy atom. The van der Waals surface area contributed by atoms with Crippen molar-refractivity contribution in [3.8, 4) is 0 Å². The summed E-state index contributed by atoms with van der Waals surface area (Å²) in [5.74, 6) is 0. The van der Waals surface area contributed by atoms with Crippen LogP contribution in [0.4, 0.5) is 0 Å². The minimum atomic E-state index is -3.54. The molecule has 0 saturated heterocycles.